The molecule has 1 unspecified atom stereocenters. The molecule has 6 heteroatoms. The average Bonchev–Trinajstić information content (AvgIpc) is 2.98. The van der Waals surface area contributed by atoms with E-state index in [4.69, 9.17) is 9.78 Å². The summed E-state index contributed by atoms with van der Waals surface area (Å²) in [6.45, 7) is 2.09. The highest BCUT2D eigenvalue weighted by atomic mass is 19.1. The standard InChI is InChI=1S/C15H15FN4O/c16-13-5-1-3-11(9-13)14-18-15(21-19-14)12-4-2-7-20(10-12)8-6-17/h1,3,5,9,12H,2,4,7-8,10H2. The summed E-state index contributed by atoms with van der Waals surface area (Å²) in [5.74, 6) is 0.789. The minimum Gasteiger partial charge on any atom is -0.339 e. The first kappa shape index (κ1) is 13.7. The van der Waals surface area contributed by atoms with Crippen molar-refractivity contribution < 1.29 is 8.91 Å². The number of aromatic nitrogens is 2. The summed E-state index contributed by atoms with van der Waals surface area (Å²) in [6.07, 6.45) is 1.97. The zero-order valence-corrected chi connectivity index (χ0v) is 11.5. The highest BCUT2D eigenvalue weighted by molar-refractivity contribution is 5.53. The van der Waals surface area contributed by atoms with Gasteiger partial charge in [0.1, 0.15) is 5.82 Å². The second kappa shape index (κ2) is 6.02. The lowest BCUT2D eigenvalue weighted by Crippen LogP contribution is -2.34. The fourth-order valence-corrected chi connectivity index (χ4v) is 2.65. The normalized spacial score (nSPS) is 19.3. The monoisotopic (exact) mass is 286 g/mol. The Labute approximate surface area is 122 Å². The summed E-state index contributed by atoms with van der Waals surface area (Å²) >= 11 is 0. The zero-order chi connectivity index (χ0) is 14.7. The molecule has 1 fully saturated rings. The Bertz CT molecular complexity index is 664. The number of nitriles is 1. The van der Waals surface area contributed by atoms with E-state index < -0.39 is 0 Å². The van der Waals surface area contributed by atoms with Crippen molar-refractivity contribution in [1.29, 1.82) is 5.26 Å². The van der Waals surface area contributed by atoms with Gasteiger partial charge < -0.3 is 4.52 Å². The third-order valence-electron chi connectivity index (χ3n) is 3.67. The Hall–Kier alpha value is -2.26. The van der Waals surface area contributed by atoms with Crippen LogP contribution >= 0.6 is 0 Å². The molecular formula is C15H15FN4O. The number of nitrogens with zero attached hydrogens (tertiary/aromatic N) is 4. The number of benzene rings is 1. The van der Waals surface area contributed by atoms with Gasteiger partial charge >= 0.3 is 0 Å². The first-order chi connectivity index (χ1) is 10.3. The van der Waals surface area contributed by atoms with Gasteiger partial charge in [-0.3, -0.25) is 4.90 Å². The van der Waals surface area contributed by atoms with Gasteiger partial charge in [-0.05, 0) is 31.5 Å². The largest absolute Gasteiger partial charge is 0.339 e. The predicted molar refractivity (Wildman–Crippen MR) is 73.7 cm³/mol. The van der Waals surface area contributed by atoms with Crippen LogP contribution in [-0.4, -0.2) is 34.7 Å². The van der Waals surface area contributed by atoms with Crippen LogP contribution in [0.2, 0.25) is 0 Å². The van der Waals surface area contributed by atoms with E-state index in [1.54, 1.807) is 12.1 Å². The molecule has 3 rings (SSSR count). The van der Waals surface area contributed by atoms with Crippen molar-refractivity contribution in [1.82, 2.24) is 15.0 Å². The summed E-state index contributed by atoms with van der Waals surface area (Å²) in [6, 6.07) is 8.30. The van der Waals surface area contributed by atoms with E-state index >= 15 is 0 Å². The van der Waals surface area contributed by atoms with E-state index in [9.17, 15) is 4.39 Å². The molecule has 1 aromatic carbocycles. The second-order valence-electron chi connectivity index (χ2n) is 5.20. The minimum absolute atomic E-state index is 0.141. The van der Waals surface area contributed by atoms with Crippen molar-refractivity contribution in [2.24, 2.45) is 0 Å². The topological polar surface area (TPSA) is 66.0 Å². The molecule has 0 aliphatic carbocycles. The van der Waals surface area contributed by atoms with Crippen LogP contribution in [0.3, 0.4) is 0 Å². The molecule has 5 nitrogen and oxygen atoms in total. The lowest BCUT2D eigenvalue weighted by atomic mass is 9.98. The van der Waals surface area contributed by atoms with Crippen molar-refractivity contribution in [3.05, 3.63) is 36.0 Å². The third kappa shape index (κ3) is 3.09. The van der Waals surface area contributed by atoms with E-state index in [0.29, 0.717) is 23.8 Å². The second-order valence-corrected chi connectivity index (χ2v) is 5.20. The van der Waals surface area contributed by atoms with Gasteiger partial charge in [0.05, 0.1) is 18.5 Å². The van der Waals surface area contributed by atoms with Crippen LogP contribution in [0.4, 0.5) is 4.39 Å². The quantitative estimate of drug-likeness (QED) is 0.811. The van der Waals surface area contributed by atoms with Crippen LogP contribution < -0.4 is 0 Å². The van der Waals surface area contributed by atoms with Crippen LogP contribution in [0.5, 0.6) is 0 Å². The molecule has 108 valence electrons. The van der Waals surface area contributed by atoms with Crippen molar-refractivity contribution >= 4 is 0 Å². The van der Waals surface area contributed by atoms with Gasteiger partial charge in [-0.1, -0.05) is 17.3 Å². The number of hydrogen-bond acceptors (Lipinski definition) is 5. The molecule has 1 atom stereocenters. The summed E-state index contributed by atoms with van der Waals surface area (Å²) in [4.78, 5) is 6.47. The summed E-state index contributed by atoms with van der Waals surface area (Å²) in [5.41, 5.74) is 0.606. The molecular weight excluding hydrogens is 271 g/mol. The molecule has 0 N–H and O–H groups in total. The number of halogens is 1. The first-order valence-electron chi connectivity index (χ1n) is 6.95. The van der Waals surface area contributed by atoms with E-state index in [1.165, 1.54) is 12.1 Å². The summed E-state index contributed by atoms with van der Waals surface area (Å²) in [5, 5.41) is 12.7. The van der Waals surface area contributed by atoms with Gasteiger partial charge in [-0.2, -0.15) is 10.2 Å². The minimum atomic E-state index is -0.322. The molecule has 2 aromatic rings. The Morgan fingerprint density at radius 1 is 1.48 bits per heavy atom. The van der Waals surface area contributed by atoms with Crippen LogP contribution in [0.25, 0.3) is 11.4 Å². The Morgan fingerprint density at radius 2 is 2.38 bits per heavy atom. The summed E-state index contributed by atoms with van der Waals surface area (Å²) < 4.78 is 18.6. The van der Waals surface area contributed by atoms with E-state index in [0.717, 1.165) is 25.9 Å². The SMILES string of the molecule is N#CCN1CCCC(c2nc(-c3cccc(F)c3)no2)C1. The van der Waals surface area contributed by atoms with Gasteiger partial charge in [-0.15, -0.1) is 0 Å². The van der Waals surface area contributed by atoms with E-state index in [1.807, 2.05) is 0 Å². The number of piperidine rings is 1. The van der Waals surface area contributed by atoms with E-state index in [2.05, 4.69) is 21.1 Å². The number of hydrogen-bond donors (Lipinski definition) is 0. The lowest BCUT2D eigenvalue weighted by molar-refractivity contribution is 0.204. The average molecular weight is 286 g/mol. The fourth-order valence-electron chi connectivity index (χ4n) is 2.65. The van der Waals surface area contributed by atoms with Crippen molar-refractivity contribution in [2.45, 2.75) is 18.8 Å². The molecule has 1 aromatic heterocycles. The molecule has 2 heterocycles. The van der Waals surface area contributed by atoms with Crippen LogP contribution in [-0.2, 0) is 0 Å². The predicted octanol–water partition coefficient (Wildman–Crippen LogP) is 2.58. The van der Waals surface area contributed by atoms with E-state index in [-0.39, 0.29) is 11.7 Å². The van der Waals surface area contributed by atoms with Crippen LogP contribution in [0.1, 0.15) is 24.7 Å². The highest BCUT2D eigenvalue weighted by Crippen LogP contribution is 2.27. The maximum atomic E-state index is 13.2. The van der Waals surface area contributed by atoms with Gasteiger partial charge in [-0.25, -0.2) is 4.39 Å². The van der Waals surface area contributed by atoms with Crippen molar-refractivity contribution in [3.8, 4) is 17.5 Å². The molecule has 1 aliphatic heterocycles. The van der Waals surface area contributed by atoms with Crippen molar-refractivity contribution in [2.75, 3.05) is 19.6 Å². The molecule has 0 spiro atoms. The number of rotatable bonds is 3. The maximum absolute atomic E-state index is 13.2. The van der Waals surface area contributed by atoms with Crippen LogP contribution in [0, 0.1) is 17.1 Å². The Kier molecular flexibility index (Phi) is 3.93. The third-order valence-corrected chi connectivity index (χ3v) is 3.67. The molecule has 0 saturated carbocycles. The van der Waals surface area contributed by atoms with Crippen LogP contribution in [0.15, 0.2) is 28.8 Å². The molecule has 21 heavy (non-hydrogen) atoms. The maximum Gasteiger partial charge on any atom is 0.231 e. The Balaban J connectivity index is 1.77. The molecule has 1 saturated heterocycles. The molecule has 0 amide bonds. The van der Waals surface area contributed by atoms with Gasteiger partial charge in [0.15, 0.2) is 0 Å². The lowest BCUT2D eigenvalue weighted by Gasteiger charge is -2.28. The first-order valence-corrected chi connectivity index (χ1v) is 6.95. The highest BCUT2D eigenvalue weighted by Gasteiger charge is 2.26. The molecule has 1 aliphatic rings. The molecule has 0 radical (unpaired) electrons. The van der Waals surface area contributed by atoms with Gasteiger partial charge in [0.2, 0.25) is 11.7 Å². The van der Waals surface area contributed by atoms with Crippen molar-refractivity contribution in [3.63, 3.8) is 0 Å². The summed E-state index contributed by atoms with van der Waals surface area (Å²) in [7, 11) is 0. The molecule has 0 bridgehead atoms. The fraction of sp³-hybridized carbons (Fsp3) is 0.400. The smallest absolute Gasteiger partial charge is 0.231 e. The van der Waals surface area contributed by atoms with Gasteiger partial charge in [0, 0.05) is 12.1 Å². The number of likely N-dealkylation sites (tertiary alicyclic amines) is 1. The van der Waals surface area contributed by atoms with Gasteiger partial charge in [0.25, 0.3) is 0 Å². The zero-order valence-electron chi connectivity index (χ0n) is 11.5. The Morgan fingerprint density at radius 3 is 3.19 bits per heavy atom.